The molecule has 3 unspecified atom stereocenters. The minimum atomic E-state index is -0.343. The van der Waals surface area contributed by atoms with Gasteiger partial charge in [0.2, 0.25) is 0 Å². The van der Waals surface area contributed by atoms with E-state index in [4.69, 9.17) is 4.42 Å². The molecule has 0 aromatic carbocycles. The van der Waals surface area contributed by atoms with Gasteiger partial charge in [-0.3, -0.25) is 0 Å². The van der Waals surface area contributed by atoms with Gasteiger partial charge in [0.25, 0.3) is 0 Å². The fraction of sp³-hybridized carbons (Fsp3) is 0.643. The van der Waals surface area contributed by atoms with Gasteiger partial charge >= 0.3 is 6.03 Å². The predicted molar refractivity (Wildman–Crippen MR) is 73.9 cm³/mol. The molecular weight excluding hydrogens is 244 g/mol. The first-order valence-corrected chi connectivity index (χ1v) is 6.67. The predicted octanol–water partition coefficient (Wildman–Crippen LogP) is 2.36. The minimum absolute atomic E-state index is 0.166. The average molecular weight is 268 g/mol. The molecule has 2 amide bonds. The van der Waals surface area contributed by atoms with Crippen LogP contribution in [-0.4, -0.2) is 23.8 Å². The molecule has 5 heteroatoms. The van der Waals surface area contributed by atoms with Crippen molar-refractivity contribution in [3.63, 3.8) is 0 Å². The maximum Gasteiger partial charge on any atom is 0.315 e. The summed E-state index contributed by atoms with van der Waals surface area (Å²) in [6.45, 7) is 8.02. The molecule has 5 nitrogen and oxygen atoms in total. The van der Waals surface area contributed by atoms with E-state index in [1.54, 1.807) is 6.92 Å². The number of amides is 2. The molecule has 19 heavy (non-hydrogen) atoms. The van der Waals surface area contributed by atoms with Crippen molar-refractivity contribution >= 4 is 6.03 Å². The second-order valence-corrected chi connectivity index (χ2v) is 5.21. The normalized spacial score (nSPS) is 15.6. The molecule has 0 spiro atoms. The van der Waals surface area contributed by atoms with Gasteiger partial charge in [-0.05, 0) is 45.2 Å². The quantitative estimate of drug-likeness (QED) is 0.741. The highest BCUT2D eigenvalue weighted by molar-refractivity contribution is 5.74. The SMILES string of the molecule is Cc1ccc(C(C)NC(=O)NCC(C)CC(C)O)o1. The second kappa shape index (κ2) is 7.19. The number of aryl methyl sites for hydroxylation is 1. The van der Waals surface area contributed by atoms with Crippen LogP contribution in [0.2, 0.25) is 0 Å². The van der Waals surface area contributed by atoms with E-state index in [0.717, 1.165) is 11.5 Å². The Bertz CT molecular complexity index is 401. The highest BCUT2D eigenvalue weighted by Gasteiger charge is 2.13. The summed E-state index contributed by atoms with van der Waals surface area (Å²) >= 11 is 0. The lowest BCUT2D eigenvalue weighted by atomic mass is 10.1. The molecule has 0 bridgehead atoms. The van der Waals surface area contributed by atoms with E-state index in [1.165, 1.54) is 0 Å². The zero-order valence-corrected chi connectivity index (χ0v) is 12.1. The van der Waals surface area contributed by atoms with E-state index in [9.17, 15) is 9.90 Å². The molecule has 1 aromatic heterocycles. The second-order valence-electron chi connectivity index (χ2n) is 5.21. The first-order valence-electron chi connectivity index (χ1n) is 6.67. The summed E-state index contributed by atoms with van der Waals surface area (Å²) in [4.78, 5) is 11.7. The van der Waals surface area contributed by atoms with Gasteiger partial charge < -0.3 is 20.2 Å². The molecule has 1 aromatic rings. The van der Waals surface area contributed by atoms with Crippen molar-refractivity contribution < 1.29 is 14.3 Å². The van der Waals surface area contributed by atoms with Gasteiger partial charge in [0.1, 0.15) is 11.5 Å². The lowest BCUT2D eigenvalue weighted by Crippen LogP contribution is -2.39. The number of nitrogens with one attached hydrogen (secondary N) is 2. The number of hydrogen-bond donors (Lipinski definition) is 3. The molecule has 1 rings (SSSR count). The Hall–Kier alpha value is -1.49. The molecule has 0 saturated heterocycles. The third-order valence-corrected chi connectivity index (χ3v) is 2.89. The van der Waals surface area contributed by atoms with E-state index in [-0.39, 0.29) is 24.1 Å². The third kappa shape index (κ3) is 5.79. The van der Waals surface area contributed by atoms with Crippen LogP contribution in [-0.2, 0) is 0 Å². The van der Waals surface area contributed by atoms with Gasteiger partial charge in [-0.1, -0.05) is 6.92 Å². The third-order valence-electron chi connectivity index (χ3n) is 2.89. The van der Waals surface area contributed by atoms with Gasteiger partial charge in [0, 0.05) is 6.54 Å². The number of rotatable bonds is 6. The summed E-state index contributed by atoms with van der Waals surface area (Å²) in [6.07, 6.45) is 0.331. The topological polar surface area (TPSA) is 74.5 Å². The summed E-state index contributed by atoms with van der Waals surface area (Å²) in [5, 5.41) is 14.8. The Morgan fingerprint density at radius 1 is 1.37 bits per heavy atom. The van der Waals surface area contributed by atoms with Crippen LogP contribution in [0.5, 0.6) is 0 Å². The Morgan fingerprint density at radius 3 is 2.58 bits per heavy atom. The molecule has 108 valence electrons. The fourth-order valence-electron chi connectivity index (χ4n) is 1.94. The smallest absolute Gasteiger partial charge is 0.315 e. The molecule has 0 aliphatic heterocycles. The van der Waals surface area contributed by atoms with E-state index in [0.29, 0.717) is 13.0 Å². The summed E-state index contributed by atoms with van der Waals surface area (Å²) < 4.78 is 5.45. The van der Waals surface area contributed by atoms with Crippen molar-refractivity contribution in [1.29, 1.82) is 0 Å². The van der Waals surface area contributed by atoms with E-state index < -0.39 is 0 Å². The lowest BCUT2D eigenvalue weighted by molar-refractivity contribution is 0.163. The lowest BCUT2D eigenvalue weighted by Gasteiger charge is -2.16. The van der Waals surface area contributed by atoms with Crippen LogP contribution in [0.1, 0.15) is 44.8 Å². The standard InChI is InChI=1S/C14H24N2O3/c1-9(7-10(2)17)8-15-14(18)16-12(4)13-6-5-11(3)19-13/h5-6,9-10,12,17H,7-8H2,1-4H3,(H2,15,16,18). The van der Waals surface area contributed by atoms with Gasteiger partial charge in [-0.15, -0.1) is 0 Å². The monoisotopic (exact) mass is 268 g/mol. The molecule has 0 aliphatic rings. The highest BCUT2D eigenvalue weighted by atomic mass is 16.3. The van der Waals surface area contributed by atoms with Crippen molar-refractivity contribution in [2.24, 2.45) is 5.92 Å². The first kappa shape index (κ1) is 15.6. The number of aliphatic hydroxyl groups is 1. The van der Waals surface area contributed by atoms with Crippen LogP contribution in [0.4, 0.5) is 4.79 Å². The Balaban J connectivity index is 2.31. The molecule has 0 fully saturated rings. The molecular formula is C14H24N2O3. The minimum Gasteiger partial charge on any atom is -0.464 e. The highest BCUT2D eigenvalue weighted by Crippen LogP contribution is 2.15. The maximum absolute atomic E-state index is 11.7. The number of hydrogen-bond acceptors (Lipinski definition) is 3. The summed E-state index contributed by atoms with van der Waals surface area (Å²) in [5.74, 6) is 1.81. The first-order chi connectivity index (χ1) is 8.88. The number of aliphatic hydroxyl groups excluding tert-OH is 1. The Kier molecular flexibility index (Phi) is 5.89. The average Bonchev–Trinajstić information content (AvgIpc) is 2.72. The molecule has 3 N–H and O–H groups in total. The van der Waals surface area contributed by atoms with Gasteiger partial charge in [-0.2, -0.15) is 0 Å². The van der Waals surface area contributed by atoms with E-state index in [2.05, 4.69) is 10.6 Å². The largest absolute Gasteiger partial charge is 0.464 e. The van der Waals surface area contributed by atoms with Crippen molar-refractivity contribution in [3.05, 3.63) is 23.7 Å². The molecule has 1 heterocycles. The van der Waals surface area contributed by atoms with Crippen LogP contribution in [0.15, 0.2) is 16.5 Å². The number of carbonyl (C=O) groups is 1. The fourth-order valence-corrected chi connectivity index (χ4v) is 1.94. The number of urea groups is 1. The molecule has 3 atom stereocenters. The van der Waals surface area contributed by atoms with Crippen LogP contribution in [0, 0.1) is 12.8 Å². The zero-order chi connectivity index (χ0) is 14.4. The van der Waals surface area contributed by atoms with Crippen molar-refractivity contribution in [2.75, 3.05) is 6.54 Å². The number of carbonyl (C=O) groups excluding carboxylic acids is 1. The number of furan rings is 1. The van der Waals surface area contributed by atoms with Crippen LogP contribution < -0.4 is 10.6 Å². The molecule has 0 aliphatic carbocycles. The summed E-state index contributed by atoms with van der Waals surface area (Å²) in [7, 11) is 0. The van der Waals surface area contributed by atoms with E-state index >= 15 is 0 Å². The summed E-state index contributed by atoms with van der Waals surface area (Å²) in [5.41, 5.74) is 0. The van der Waals surface area contributed by atoms with Crippen LogP contribution in [0.3, 0.4) is 0 Å². The van der Waals surface area contributed by atoms with Crippen molar-refractivity contribution in [3.8, 4) is 0 Å². The maximum atomic E-state index is 11.7. The zero-order valence-electron chi connectivity index (χ0n) is 12.1. The van der Waals surface area contributed by atoms with Crippen molar-refractivity contribution in [2.45, 2.75) is 46.3 Å². The van der Waals surface area contributed by atoms with Gasteiger partial charge in [-0.25, -0.2) is 4.79 Å². The van der Waals surface area contributed by atoms with Gasteiger partial charge in [0.15, 0.2) is 0 Å². The Morgan fingerprint density at radius 2 is 2.05 bits per heavy atom. The molecule has 0 saturated carbocycles. The van der Waals surface area contributed by atoms with Gasteiger partial charge in [0.05, 0.1) is 12.1 Å². The van der Waals surface area contributed by atoms with Crippen LogP contribution >= 0.6 is 0 Å². The molecule has 0 radical (unpaired) electrons. The van der Waals surface area contributed by atoms with Crippen LogP contribution in [0.25, 0.3) is 0 Å². The van der Waals surface area contributed by atoms with Crippen molar-refractivity contribution in [1.82, 2.24) is 10.6 Å². The van der Waals surface area contributed by atoms with E-state index in [1.807, 2.05) is 32.9 Å². The summed E-state index contributed by atoms with van der Waals surface area (Å²) in [6, 6.07) is 3.34. The Labute approximate surface area is 114 Å².